The first-order valence-electron chi connectivity index (χ1n) is 7.30. The van der Waals surface area contributed by atoms with Crippen LogP contribution in [0.2, 0.25) is 0 Å². The standard InChI is InChI=1S/C16H20ClNO4/c1-3-22-16(20)15-12(7-8-13(19)21-2)11-6-4-5-10(9-17)14(11)18-15/h4-6,10,14,18H,3,7-9H2,1-2H3. The number of nitrogens with one attached hydrogen (secondary N) is 1. The molecule has 2 unspecified atom stereocenters. The lowest BCUT2D eigenvalue weighted by molar-refractivity contribution is -0.141. The Bertz CT molecular complexity index is 550. The number of carbonyl (C=O) groups is 2. The zero-order valence-electron chi connectivity index (χ0n) is 12.7. The van der Waals surface area contributed by atoms with E-state index in [-0.39, 0.29) is 24.3 Å². The molecule has 1 heterocycles. The Labute approximate surface area is 135 Å². The van der Waals surface area contributed by atoms with Gasteiger partial charge in [0.05, 0.1) is 19.8 Å². The van der Waals surface area contributed by atoms with E-state index in [1.807, 2.05) is 18.2 Å². The van der Waals surface area contributed by atoms with Gasteiger partial charge in [-0.15, -0.1) is 11.6 Å². The number of fused-ring (bicyclic) bond motifs is 1. The number of allylic oxidation sites excluding steroid dienone is 2. The molecule has 22 heavy (non-hydrogen) atoms. The van der Waals surface area contributed by atoms with E-state index in [4.69, 9.17) is 16.3 Å². The van der Waals surface area contributed by atoms with Crippen LogP contribution in [-0.4, -0.2) is 37.6 Å². The Morgan fingerprint density at radius 2 is 2.18 bits per heavy atom. The molecule has 1 aliphatic heterocycles. The van der Waals surface area contributed by atoms with Crippen molar-refractivity contribution in [2.75, 3.05) is 19.6 Å². The van der Waals surface area contributed by atoms with E-state index < -0.39 is 5.97 Å². The Hall–Kier alpha value is -1.75. The highest BCUT2D eigenvalue weighted by Gasteiger charge is 2.37. The number of methoxy groups -OCH3 is 1. The van der Waals surface area contributed by atoms with Gasteiger partial charge in [0.1, 0.15) is 5.70 Å². The van der Waals surface area contributed by atoms with Gasteiger partial charge in [-0.1, -0.05) is 18.2 Å². The fourth-order valence-corrected chi connectivity index (χ4v) is 3.01. The molecule has 0 aromatic heterocycles. The van der Waals surface area contributed by atoms with E-state index in [0.29, 0.717) is 24.6 Å². The van der Waals surface area contributed by atoms with Crippen molar-refractivity contribution in [3.8, 4) is 0 Å². The lowest BCUT2D eigenvalue weighted by Gasteiger charge is -2.24. The minimum Gasteiger partial charge on any atom is -0.469 e. The van der Waals surface area contributed by atoms with Crippen molar-refractivity contribution in [3.63, 3.8) is 0 Å². The first kappa shape index (κ1) is 16.6. The van der Waals surface area contributed by atoms with Crippen LogP contribution in [0.5, 0.6) is 0 Å². The number of ether oxygens (including phenoxy) is 2. The second kappa shape index (κ2) is 7.49. The monoisotopic (exact) mass is 325 g/mol. The molecular weight excluding hydrogens is 306 g/mol. The number of alkyl halides is 1. The number of hydrogen-bond acceptors (Lipinski definition) is 5. The molecule has 0 spiro atoms. The molecule has 0 aromatic carbocycles. The van der Waals surface area contributed by atoms with Crippen LogP contribution >= 0.6 is 11.6 Å². The average molecular weight is 326 g/mol. The molecule has 2 aliphatic rings. The Kier molecular flexibility index (Phi) is 5.66. The molecule has 120 valence electrons. The molecule has 1 N–H and O–H groups in total. The van der Waals surface area contributed by atoms with E-state index in [9.17, 15) is 9.59 Å². The minimum absolute atomic E-state index is 0.0467. The Morgan fingerprint density at radius 1 is 1.41 bits per heavy atom. The molecule has 1 aliphatic carbocycles. The van der Waals surface area contributed by atoms with E-state index in [2.05, 4.69) is 10.1 Å². The first-order valence-corrected chi connectivity index (χ1v) is 7.84. The van der Waals surface area contributed by atoms with Crippen molar-refractivity contribution >= 4 is 23.5 Å². The molecule has 5 nitrogen and oxygen atoms in total. The quantitative estimate of drug-likeness (QED) is 0.598. The van der Waals surface area contributed by atoms with E-state index in [1.165, 1.54) is 7.11 Å². The van der Waals surface area contributed by atoms with Crippen LogP contribution in [-0.2, 0) is 19.1 Å². The van der Waals surface area contributed by atoms with Gasteiger partial charge in [0.15, 0.2) is 0 Å². The minimum atomic E-state index is -0.397. The molecule has 0 saturated heterocycles. The summed E-state index contributed by atoms with van der Waals surface area (Å²) in [6.07, 6.45) is 6.56. The first-order chi connectivity index (χ1) is 10.6. The molecule has 0 radical (unpaired) electrons. The lowest BCUT2D eigenvalue weighted by atomic mass is 9.87. The summed E-state index contributed by atoms with van der Waals surface area (Å²) in [4.78, 5) is 23.6. The van der Waals surface area contributed by atoms with Gasteiger partial charge in [-0.2, -0.15) is 0 Å². The fourth-order valence-electron chi connectivity index (χ4n) is 2.73. The maximum Gasteiger partial charge on any atom is 0.354 e. The van der Waals surface area contributed by atoms with Crippen molar-refractivity contribution < 1.29 is 19.1 Å². The average Bonchev–Trinajstić information content (AvgIpc) is 2.91. The maximum absolute atomic E-state index is 12.2. The topological polar surface area (TPSA) is 64.6 Å². The summed E-state index contributed by atoms with van der Waals surface area (Å²) in [6.45, 7) is 2.06. The second-order valence-electron chi connectivity index (χ2n) is 5.10. The molecule has 0 fully saturated rings. The summed E-state index contributed by atoms with van der Waals surface area (Å²) >= 11 is 6.01. The molecule has 2 atom stereocenters. The Morgan fingerprint density at radius 3 is 2.82 bits per heavy atom. The van der Waals surface area contributed by atoms with Gasteiger partial charge >= 0.3 is 11.9 Å². The zero-order chi connectivity index (χ0) is 16.1. The van der Waals surface area contributed by atoms with Crippen LogP contribution in [0.15, 0.2) is 35.1 Å². The summed E-state index contributed by atoms with van der Waals surface area (Å²) < 4.78 is 9.79. The molecule has 0 aromatic rings. The number of hydrogen-bond donors (Lipinski definition) is 1. The van der Waals surface area contributed by atoms with Crippen LogP contribution < -0.4 is 5.32 Å². The summed E-state index contributed by atoms with van der Waals surface area (Å²) in [5, 5.41) is 3.22. The van der Waals surface area contributed by atoms with Gasteiger partial charge in [0, 0.05) is 18.2 Å². The van der Waals surface area contributed by atoms with Gasteiger partial charge in [-0.3, -0.25) is 4.79 Å². The summed E-state index contributed by atoms with van der Waals surface area (Å²) in [5.41, 5.74) is 2.24. The predicted molar refractivity (Wildman–Crippen MR) is 83.3 cm³/mol. The SMILES string of the molecule is CCOC(=O)C1=C(CCC(=O)OC)C2=CC=CC(CCl)C2N1. The second-order valence-corrected chi connectivity index (χ2v) is 5.41. The molecule has 0 bridgehead atoms. The van der Waals surface area contributed by atoms with Gasteiger partial charge < -0.3 is 14.8 Å². The van der Waals surface area contributed by atoms with Gasteiger partial charge in [-0.05, 0) is 24.5 Å². The summed E-state index contributed by atoms with van der Waals surface area (Å²) in [5.74, 6) is -0.154. The normalized spacial score (nSPS) is 22.8. The van der Waals surface area contributed by atoms with Crippen molar-refractivity contribution in [2.24, 2.45) is 5.92 Å². The number of rotatable bonds is 6. The van der Waals surface area contributed by atoms with E-state index in [0.717, 1.165) is 11.1 Å². The highest BCUT2D eigenvalue weighted by Crippen LogP contribution is 2.36. The van der Waals surface area contributed by atoms with Gasteiger partial charge in [0.2, 0.25) is 0 Å². The largest absolute Gasteiger partial charge is 0.469 e. The molecule has 0 saturated carbocycles. The fraction of sp³-hybridized carbons (Fsp3) is 0.500. The van der Waals surface area contributed by atoms with Crippen LogP contribution in [0, 0.1) is 5.92 Å². The number of halogens is 1. The highest BCUT2D eigenvalue weighted by molar-refractivity contribution is 6.18. The summed E-state index contributed by atoms with van der Waals surface area (Å²) in [7, 11) is 1.35. The smallest absolute Gasteiger partial charge is 0.354 e. The molecule has 2 rings (SSSR count). The van der Waals surface area contributed by atoms with Crippen molar-refractivity contribution in [3.05, 3.63) is 35.1 Å². The van der Waals surface area contributed by atoms with Crippen LogP contribution in [0.3, 0.4) is 0 Å². The molecular formula is C16H20ClNO4. The molecule has 6 heteroatoms. The van der Waals surface area contributed by atoms with Gasteiger partial charge in [0.25, 0.3) is 0 Å². The third-order valence-electron chi connectivity index (χ3n) is 3.81. The summed E-state index contributed by atoms with van der Waals surface area (Å²) in [6, 6.07) is -0.0467. The number of carbonyl (C=O) groups excluding carboxylic acids is 2. The zero-order valence-corrected chi connectivity index (χ0v) is 13.5. The lowest BCUT2D eigenvalue weighted by Crippen LogP contribution is -2.35. The Balaban J connectivity index is 2.27. The van der Waals surface area contributed by atoms with E-state index >= 15 is 0 Å². The number of esters is 2. The van der Waals surface area contributed by atoms with Crippen molar-refractivity contribution in [1.29, 1.82) is 0 Å². The van der Waals surface area contributed by atoms with Crippen molar-refractivity contribution in [2.45, 2.75) is 25.8 Å². The maximum atomic E-state index is 12.2. The van der Waals surface area contributed by atoms with Gasteiger partial charge in [-0.25, -0.2) is 4.79 Å². The van der Waals surface area contributed by atoms with Crippen molar-refractivity contribution in [1.82, 2.24) is 5.32 Å². The molecule has 0 amide bonds. The van der Waals surface area contributed by atoms with Crippen LogP contribution in [0.25, 0.3) is 0 Å². The predicted octanol–water partition coefficient (Wildman–Crippen LogP) is 2.08. The van der Waals surface area contributed by atoms with E-state index in [1.54, 1.807) is 6.92 Å². The van der Waals surface area contributed by atoms with Crippen LogP contribution in [0.1, 0.15) is 19.8 Å². The van der Waals surface area contributed by atoms with Crippen LogP contribution in [0.4, 0.5) is 0 Å². The third-order valence-corrected chi connectivity index (χ3v) is 4.17. The third kappa shape index (κ3) is 3.35. The highest BCUT2D eigenvalue weighted by atomic mass is 35.5.